The minimum Gasteiger partial charge on any atom is -0.465 e. The molecule has 1 aromatic carbocycles. The van der Waals surface area contributed by atoms with E-state index in [-0.39, 0.29) is 12.1 Å². The van der Waals surface area contributed by atoms with E-state index in [9.17, 15) is 0 Å². The van der Waals surface area contributed by atoms with Crippen LogP contribution in [-0.4, -0.2) is 26.2 Å². The maximum atomic E-state index is 6.11. The zero-order valence-electron chi connectivity index (χ0n) is 15.4. The molecule has 2 aliphatic heterocycles. The quantitative estimate of drug-likeness (QED) is 0.743. The van der Waals surface area contributed by atoms with Crippen molar-refractivity contribution in [2.75, 3.05) is 26.2 Å². The number of hydrazine groups is 1. The monoisotopic (exact) mass is 355 g/mol. The van der Waals surface area contributed by atoms with Gasteiger partial charge >= 0.3 is 0 Å². The first-order chi connectivity index (χ1) is 12.8. The molecule has 1 aromatic heterocycles. The molecule has 0 radical (unpaired) electrons. The fourth-order valence-corrected chi connectivity index (χ4v) is 4.17. The van der Waals surface area contributed by atoms with Gasteiger partial charge in [-0.3, -0.25) is 5.43 Å². The summed E-state index contributed by atoms with van der Waals surface area (Å²) in [7, 11) is 0. The first kappa shape index (κ1) is 17.7. The Bertz CT molecular complexity index is 688. The van der Waals surface area contributed by atoms with Crippen molar-refractivity contribution >= 4 is 0 Å². The molecule has 2 aromatic rings. The van der Waals surface area contributed by atoms with E-state index in [0.717, 1.165) is 44.2 Å². The number of benzene rings is 1. The van der Waals surface area contributed by atoms with E-state index in [1.807, 2.05) is 13.0 Å². The van der Waals surface area contributed by atoms with Crippen molar-refractivity contribution in [1.82, 2.24) is 16.2 Å². The van der Waals surface area contributed by atoms with Crippen LogP contribution in [-0.2, 0) is 4.74 Å². The molecular formula is C21H29N3O2. The summed E-state index contributed by atoms with van der Waals surface area (Å²) in [4.78, 5) is 0. The average Bonchev–Trinajstić information content (AvgIpc) is 3.31. The molecule has 2 aliphatic rings. The molecule has 4 unspecified atom stereocenters. The fraction of sp³-hybridized carbons (Fsp3) is 0.524. The van der Waals surface area contributed by atoms with Gasteiger partial charge in [-0.15, -0.1) is 0 Å². The molecule has 5 heteroatoms. The van der Waals surface area contributed by atoms with Crippen LogP contribution in [0, 0.1) is 18.8 Å². The SMILES string of the molecule is Cc1ccc(C2NNCC2CNCC2CCCOC2c2ccccc2)o1. The van der Waals surface area contributed by atoms with Crippen molar-refractivity contribution in [2.24, 2.45) is 11.8 Å². The van der Waals surface area contributed by atoms with Gasteiger partial charge in [0.15, 0.2) is 0 Å². The Balaban J connectivity index is 1.33. The summed E-state index contributed by atoms with van der Waals surface area (Å²) in [6.07, 6.45) is 2.58. The first-order valence-corrected chi connectivity index (χ1v) is 9.73. The molecule has 0 bridgehead atoms. The van der Waals surface area contributed by atoms with Crippen LogP contribution >= 0.6 is 0 Å². The zero-order valence-corrected chi connectivity index (χ0v) is 15.4. The van der Waals surface area contributed by atoms with Gasteiger partial charge in [-0.25, -0.2) is 5.43 Å². The molecular weight excluding hydrogens is 326 g/mol. The molecule has 0 saturated carbocycles. The topological polar surface area (TPSA) is 58.5 Å². The summed E-state index contributed by atoms with van der Waals surface area (Å²) in [6.45, 7) is 5.75. The fourth-order valence-electron chi connectivity index (χ4n) is 4.17. The smallest absolute Gasteiger partial charge is 0.122 e. The second-order valence-electron chi connectivity index (χ2n) is 7.47. The van der Waals surface area contributed by atoms with Crippen molar-refractivity contribution in [3.63, 3.8) is 0 Å². The summed E-state index contributed by atoms with van der Waals surface area (Å²) >= 11 is 0. The molecule has 4 atom stereocenters. The Morgan fingerprint density at radius 2 is 1.92 bits per heavy atom. The third kappa shape index (κ3) is 4.01. The van der Waals surface area contributed by atoms with Crippen molar-refractivity contribution in [3.8, 4) is 0 Å². The third-order valence-electron chi connectivity index (χ3n) is 5.55. The number of aryl methyl sites for hydroxylation is 1. The number of rotatable bonds is 6. The number of hydrogen-bond acceptors (Lipinski definition) is 5. The van der Waals surface area contributed by atoms with Gasteiger partial charge in [-0.2, -0.15) is 0 Å². The highest BCUT2D eigenvalue weighted by Gasteiger charge is 2.31. The van der Waals surface area contributed by atoms with Gasteiger partial charge in [-0.05, 0) is 37.5 Å². The van der Waals surface area contributed by atoms with E-state index in [1.165, 1.54) is 12.0 Å². The van der Waals surface area contributed by atoms with Gasteiger partial charge < -0.3 is 14.5 Å². The number of nitrogens with one attached hydrogen (secondary N) is 3. The van der Waals surface area contributed by atoms with Gasteiger partial charge in [0.1, 0.15) is 11.5 Å². The van der Waals surface area contributed by atoms with Crippen molar-refractivity contribution < 1.29 is 9.15 Å². The average molecular weight is 355 g/mol. The molecule has 2 fully saturated rings. The molecule has 26 heavy (non-hydrogen) atoms. The lowest BCUT2D eigenvalue weighted by molar-refractivity contribution is -0.0279. The van der Waals surface area contributed by atoms with Crippen LogP contribution in [0.15, 0.2) is 46.9 Å². The van der Waals surface area contributed by atoms with Crippen LogP contribution in [0.1, 0.15) is 42.1 Å². The van der Waals surface area contributed by atoms with Gasteiger partial charge in [0.05, 0.1) is 12.1 Å². The molecule has 3 heterocycles. The maximum Gasteiger partial charge on any atom is 0.122 e. The molecule has 0 aliphatic carbocycles. The second-order valence-corrected chi connectivity index (χ2v) is 7.47. The molecule has 140 valence electrons. The largest absolute Gasteiger partial charge is 0.465 e. The lowest BCUT2D eigenvalue weighted by atomic mass is 9.89. The van der Waals surface area contributed by atoms with Gasteiger partial charge in [0.2, 0.25) is 0 Å². The van der Waals surface area contributed by atoms with Crippen molar-refractivity contribution in [1.29, 1.82) is 0 Å². The van der Waals surface area contributed by atoms with Crippen LogP contribution < -0.4 is 16.2 Å². The Labute approximate surface area is 155 Å². The van der Waals surface area contributed by atoms with Crippen LogP contribution in [0.4, 0.5) is 0 Å². The molecule has 4 rings (SSSR count). The van der Waals surface area contributed by atoms with Gasteiger partial charge in [0.25, 0.3) is 0 Å². The minimum atomic E-state index is 0.209. The van der Waals surface area contributed by atoms with E-state index in [0.29, 0.717) is 11.8 Å². The van der Waals surface area contributed by atoms with Crippen molar-refractivity contribution in [2.45, 2.75) is 31.9 Å². The van der Waals surface area contributed by atoms with Crippen LogP contribution in [0.5, 0.6) is 0 Å². The Hall–Kier alpha value is -1.66. The van der Waals surface area contributed by atoms with E-state index < -0.39 is 0 Å². The molecule has 0 spiro atoms. The lowest BCUT2D eigenvalue weighted by Crippen LogP contribution is -2.35. The highest BCUT2D eigenvalue weighted by Crippen LogP contribution is 2.33. The van der Waals surface area contributed by atoms with E-state index >= 15 is 0 Å². The molecule has 5 nitrogen and oxygen atoms in total. The van der Waals surface area contributed by atoms with Crippen molar-refractivity contribution in [3.05, 3.63) is 59.5 Å². The minimum absolute atomic E-state index is 0.209. The summed E-state index contributed by atoms with van der Waals surface area (Å²) in [6, 6.07) is 15.0. The Kier molecular flexibility index (Phi) is 5.70. The highest BCUT2D eigenvalue weighted by atomic mass is 16.5. The number of ether oxygens (including phenoxy) is 1. The van der Waals surface area contributed by atoms with Crippen LogP contribution in [0.3, 0.4) is 0 Å². The predicted molar refractivity (Wildman–Crippen MR) is 102 cm³/mol. The summed E-state index contributed by atoms with van der Waals surface area (Å²) in [5.41, 5.74) is 7.93. The Morgan fingerprint density at radius 1 is 1.08 bits per heavy atom. The highest BCUT2D eigenvalue weighted by molar-refractivity contribution is 5.19. The maximum absolute atomic E-state index is 6.11. The van der Waals surface area contributed by atoms with Gasteiger partial charge in [0, 0.05) is 38.1 Å². The predicted octanol–water partition coefficient (Wildman–Crippen LogP) is 3.11. The van der Waals surface area contributed by atoms with Crippen LogP contribution in [0.25, 0.3) is 0 Å². The molecule has 3 N–H and O–H groups in total. The summed E-state index contributed by atoms with van der Waals surface area (Å²) in [5.74, 6) is 2.98. The number of hydrogen-bond donors (Lipinski definition) is 3. The number of furan rings is 1. The van der Waals surface area contributed by atoms with E-state index in [1.54, 1.807) is 0 Å². The lowest BCUT2D eigenvalue weighted by Gasteiger charge is -2.32. The standard InChI is InChI=1S/C21H29N3O2/c1-15-9-10-19(26-15)20-18(14-23-24-20)13-22-12-17-8-5-11-25-21(17)16-6-3-2-4-7-16/h2-4,6-7,9-10,17-18,20-24H,5,8,11-14H2,1H3. The molecule has 0 amide bonds. The summed E-state index contributed by atoms with van der Waals surface area (Å²) in [5, 5.41) is 3.70. The normalized spacial score (nSPS) is 29.1. The Morgan fingerprint density at radius 3 is 2.73 bits per heavy atom. The summed E-state index contributed by atoms with van der Waals surface area (Å²) < 4.78 is 11.9. The van der Waals surface area contributed by atoms with Crippen LogP contribution in [0.2, 0.25) is 0 Å². The second kappa shape index (κ2) is 8.35. The van der Waals surface area contributed by atoms with E-state index in [2.05, 4.69) is 52.6 Å². The zero-order chi connectivity index (χ0) is 17.8. The van der Waals surface area contributed by atoms with E-state index in [4.69, 9.17) is 9.15 Å². The third-order valence-corrected chi connectivity index (χ3v) is 5.55. The molecule has 2 saturated heterocycles. The van der Waals surface area contributed by atoms with Gasteiger partial charge in [-0.1, -0.05) is 30.3 Å². The first-order valence-electron chi connectivity index (χ1n) is 9.73.